The Balaban J connectivity index is 1.85. The van der Waals surface area contributed by atoms with E-state index in [9.17, 15) is 4.79 Å². The van der Waals surface area contributed by atoms with Gasteiger partial charge >= 0.3 is 0 Å². The predicted octanol–water partition coefficient (Wildman–Crippen LogP) is 1.34. The molecule has 0 spiro atoms. The zero-order valence-electron chi connectivity index (χ0n) is 10.1. The standard InChI is InChI=1S/C12H22N2OS/c1-2-13-11-4-3-6-14(12(11)15)8-10-5-7-16-9-10/h10-11,13H,2-9H2,1H3. The molecule has 2 fully saturated rings. The van der Waals surface area contributed by atoms with E-state index >= 15 is 0 Å². The minimum atomic E-state index is 0.0906. The lowest BCUT2D eigenvalue weighted by Crippen LogP contribution is -2.51. The van der Waals surface area contributed by atoms with E-state index in [2.05, 4.69) is 17.1 Å². The topological polar surface area (TPSA) is 32.3 Å². The van der Waals surface area contributed by atoms with E-state index < -0.39 is 0 Å². The zero-order chi connectivity index (χ0) is 11.4. The second-order valence-corrected chi connectivity index (χ2v) is 5.92. The summed E-state index contributed by atoms with van der Waals surface area (Å²) >= 11 is 2.03. The van der Waals surface area contributed by atoms with Gasteiger partial charge in [0.15, 0.2) is 0 Å². The highest BCUT2D eigenvalue weighted by Crippen LogP contribution is 2.25. The Bertz CT molecular complexity index is 239. The highest BCUT2D eigenvalue weighted by molar-refractivity contribution is 7.99. The summed E-state index contributed by atoms with van der Waals surface area (Å²) in [5, 5.41) is 3.29. The number of hydrogen-bond acceptors (Lipinski definition) is 3. The van der Waals surface area contributed by atoms with E-state index in [4.69, 9.17) is 0 Å². The van der Waals surface area contributed by atoms with Crippen molar-refractivity contribution < 1.29 is 4.79 Å². The van der Waals surface area contributed by atoms with Crippen LogP contribution in [-0.2, 0) is 4.79 Å². The fourth-order valence-electron chi connectivity index (χ4n) is 2.60. The van der Waals surface area contributed by atoms with Gasteiger partial charge in [-0.05, 0) is 43.2 Å². The number of piperidine rings is 1. The second-order valence-electron chi connectivity index (χ2n) is 4.77. The fraction of sp³-hybridized carbons (Fsp3) is 0.917. The lowest BCUT2D eigenvalue weighted by atomic mass is 10.0. The summed E-state index contributed by atoms with van der Waals surface area (Å²) in [6, 6.07) is 0.0906. The van der Waals surface area contributed by atoms with Crippen molar-refractivity contribution >= 4 is 17.7 Å². The Morgan fingerprint density at radius 2 is 2.38 bits per heavy atom. The molecule has 0 aliphatic carbocycles. The molecule has 2 atom stereocenters. The molecule has 16 heavy (non-hydrogen) atoms. The number of carbonyl (C=O) groups is 1. The summed E-state index contributed by atoms with van der Waals surface area (Å²) in [6.45, 7) is 4.93. The summed E-state index contributed by atoms with van der Waals surface area (Å²) in [5.74, 6) is 3.61. The Hall–Kier alpha value is -0.220. The van der Waals surface area contributed by atoms with Crippen molar-refractivity contribution in [2.45, 2.75) is 32.2 Å². The van der Waals surface area contributed by atoms with Crippen molar-refractivity contribution in [3.05, 3.63) is 0 Å². The van der Waals surface area contributed by atoms with Crippen molar-refractivity contribution in [2.75, 3.05) is 31.1 Å². The third-order valence-electron chi connectivity index (χ3n) is 3.48. The number of thioether (sulfide) groups is 1. The minimum absolute atomic E-state index is 0.0906. The molecule has 2 saturated heterocycles. The number of rotatable bonds is 4. The molecular formula is C12H22N2OS. The van der Waals surface area contributed by atoms with Crippen LogP contribution in [0.4, 0.5) is 0 Å². The molecule has 1 amide bonds. The molecule has 92 valence electrons. The Labute approximate surface area is 102 Å². The van der Waals surface area contributed by atoms with Crippen molar-refractivity contribution in [2.24, 2.45) is 5.92 Å². The van der Waals surface area contributed by atoms with Crippen LogP contribution >= 0.6 is 11.8 Å². The van der Waals surface area contributed by atoms with Gasteiger partial charge in [-0.25, -0.2) is 0 Å². The predicted molar refractivity (Wildman–Crippen MR) is 68.7 cm³/mol. The monoisotopic (exact) mass is 242 g/mol. The van der Waals surface area contributed by atoms with Gasteiger partial charge < -0.3 is 10.2 Å². The Morgan fingerprint density at radius 3 is 3.06 bits per heavy atom. The first-order valence-electron chi connectivity index (χ1n) is 6.41. The lowest BCUT2D eigenvalue weighted by Gasteiger charge is -2.34. The number of likely N-dealkylation sites (N-methyl/N-ethyl adjacent to an activating group) is 1. The van der Waals surface area contributed by atoms with Crippen LogP contribution < -0.4 is 5.32 Å². The van der Waals surface area contributed by atoms with Crippen LogP contribution in [0.25, 0.3) is 0 Å². The van der Waals surface area contributed by atoms with Gasteiger partial charge in [-0.15, -0.1) is 0 Å². The molecule has 0 aromatic carbocycles. The van der Waals surface area contributed by atoms with Crippen molar-refractivity contribution in [3.63, 3.8) is 0 Å². The number of nitrogens with one attached hydrogen (secondary N) is 1. The molecule has 2 aliphatic rings. The molecule has 0 saturated carbocycles. The highest BCUT2D eigenvalue weighted by Gasteiger charge is 2.30. The summed E-state index contributed by atoms with van der Waals surface area (Å²) in [5.41, 5.74) is 0. The van der Waals surface area contributed by atoms with Gasteiger partial charge in [0.1, 0.15) is 0 Å². The second kappa shape index (κ2) is 5.92. The summed E-state index contributed by atoms with van der Waals surface area (Å²) < 4.78 is 0. The molecule has 2 heterocycles. The molecule has 3 nitrogen and oxygen atoms in total. The van der Waals surface area contributed by atoms with Crippen molar-refractivity contribution in [1.29, 1.82) is 0 Å². The first kappa shape index (κ1) is 12.2. The molecule has 2 unspecified atom stereocenters. The van der Waals surface area contributed by atoms with Gasteiger partial charge in [0.25, 0.3) is 0 Å². The van der Waals surface area contributed by atoms with Crippen LogP contribution in [0.3, 0.4) is 0 Å². The van der Waals surface area contributed by atoms with Crippen LogP contribution in [0.1, 0.15) is 26.2 Å². The number of hydrogen-bond donors (Lipinski definition) is 1. The number of carbonyl (C=O) groups excluding carboxylic acids is 1. The Morgan fingerprint density at radius 1 is 1.50 bits per heavy atom. The van der Waals surface area contributed by atoms with Crippen molar-refractivity contribution in [3.8, 4) is 0 Å². The van der Waals surface area contributed by atoms with E-state index in [-0.39, 0.29) is 6.04 Å². The molecule has 1 N–H and O–H groups in total. The van der Waals surface area contributed by atoms with Crippen LogP contribution in [0, 0.1) is 5.92 Å². The molecule has 2 aliphatic heterocycles. The lowest BCUT2D eigenvalue weighted by molar-refractivity contribution is -0.136. The normalized spacial score (nSPS) is 31.1. The van der Waals surface area contributed by atoms with Gasteiger partial charge in [0.05, 0.1) is 6.04 Å². The van der Waals surface area contributed by atoms with E-state index in [1.54, 1.807) is 0 Å². The Kier molecular flexibility index (Phi) is 4.53. The van der Waals surface area contributed by atoms with E-state index in [0.29, 0.717) is 5.91 Å². The fourth-order valence-corrected chi connectivity index (χ4v) is 3.87. The summed E-state index contributed by atoms with van der Waals surface area (Å²) in [7, 11) is 0. The molecule has 0 aromatic rings. The maximum absolute atomic E-state index is 12.2. The highest BCUT2D eigenvalue weighted by atomic mass is 32.2. The van der Waals surface area contributed by atoms with Crippen LogP contribution in [0.5, 0.6) is 0 Å². The average molecular weight is 242 g/mol. The average Bonchev–Trinajstić information content (AvgIpc) is 2.77. The van der Waals surface area contributed by atoms with Gasteiger partial charge in [-0.2, -0.15) is 11.8 Å². The molecule has 4 heteroatoms. The van der Waals surface area contributed by atoms with E-state index in [0.717, 1.165) is 38.4 Å². The third kappa shape index (κ3) is 2.92. The molecule has 0 aromatic heterocycles. The molecule has 2 rings (SSSR count). The van der Waals surface area contributed by atoms with Gasteiger partial charge in [0.2, 0.25) is 5.91 Å². The first-order chi connectivity index (χ1) is 7.81. The van der Waals surface area contributed by atoms with Gasteiger partial charge in [-0.3, -0.25) is 4.79 Å². The smallest absolute Gasteiger partial charge is 0.239 e. The van der Waals surface area contributed by atoms with E-state index in [1.165, 1.54) is 17.9 Å². The zero-order valence-corrected chi connectivity index (χ0v) is 10.9. The quantitative estimate of drug-likeness (QED) is 0.807. The van der Waals surface area contributed by atoms with Crippen LogP contribution in [0.2, 0.25) is 0 Å². The molecular weight excluding hydrogens is 220 g/mol. The number of nitrogens with zero attached hydrogens (tertiary/aromatic N) is 1. The summed E-state index contributed by atoms with van der Waals surface area (Å²) in [4.78, 5) is 14.3. The van der Waals surface area contributed by atoms with Crippen LogP contribution in [-0.4, -0.2) is 48.0 Å². The minimum Gasteiger partial charge on any atom is -0.341 e. The maximum Gasteiger partial charge on any atom is 0.239 e. The number of likely N-dealkylation sites (tertiary alicyclic amines) is 1. The first-order valence-corrected chi connectivity index (χ1v) is 7.56. The van der Waals surface area contributed by atoms with Crippen molar-refractivity contribution in [1.82, 2.24) is 10.2 Å². The largest absolute Gasteiger partial charge is 0.341 e. The summed E-state index contributed by atoms with van der Waals surface area (Å²) in [6.07, 6.45) is 3.46. The molecule has 0 radical (unpaired) electrons. The SMILES string of the molecule is CCNC1CCCN(CC2CCSC2)C1=O. The molecule has 0 bridgehead atoms. The number of amides is 1. The van der Waals surface area contributed by atoms with Gasteiger partial charge in [0, 0.05) is 13.1 Å². The van der Waals surface area contributed by atoms with Gasteiger partial charge in [-0.1, -0.05) is 6.92 Å². The third-order valence-corrected chi connectivity index (χ3v) is 4.72. The maximum atomic E-state index is 12.2. The van der Waals surface area contributed by atoms with Crippen LogP contribution in [0.15, 0.2) is 0 Å². The van der Waals surface area contributed by atoms with E-state index in [1.807, 2.05) is 11.8 Å².